The lowest BCUT2D eigenvalue weighted by Crippen LogP contribution is -2.05. The van der Waals surface area contributed by atoms with Crippen LogP contribution in [0.5, 0.6) is 0 Å². The fourth-order valence-corrected chi connectivity index (χ4v) is 3.55. The summed E-state index contributed by atoms with van der Waals surface area (Å²) in [6.07, 6.45) is 6.72. The number of aryl methyl sites for hydroxylation is 2. The molecule has 28 heavy (non-hydrogen) atoms. The molecule has 0 aliphatic carbocycles. The molecule has 0 bridgehead atoms. The first-order valence-electron chi connectivity index (χ1n) is 9.98. The van der Waals surface area contributed by atoms with Gasteiger partial charge in [0.25, 0.3) is 0 Å². The van der Waals surface area contributed by atoms with Crippen molar-refractivity contribution < 1.29 is 4.79 Å². The summed E-state index contributed by atoms with van der Waals surface area (Å²) < 4.78 is 0. The number of rotatable bonds is 10. The molecule has 2 aromatic rings. The molecule has 0 atom stereocenters. The minimum atomic E-state index is -0.174. The van der Waals surface area contributed by atoms with Gasteiger partial charge in [0.05, 0.1) is 0 Å². The van der Waals surface area contributed by atoms with Gasteiger partial charge in [-0.2, -0.15) is 0 Å². The van der Waals surface area contributed by atoms with Crippen molar-refractivity contribution in [3.05, 3.63) is 81.9 Å². The molecule has 0 unspecified atom stereocenters. The monoisotopic (exact) mass is 414 g/mol. The number of allylic oxidation sites excluding steroid dienone is 2. The Labute approximate surface area is 179 Å². The van der Waals surface area contributed by atoms with Crippen molar-refractivity contribution in [1.82, 2.24) is 0 Å². The first kappa shape index (κ1) is 22.5. The van der Waals surface area contributed by atoms with E-state index in [1.54, 1.807) is 0 Å². The third-order valence-corrected chi connectivity index (χ3v) is 5.31. The highest BCUT2D eigenvalue weighted by atomic mass is 35.5. The predicted octanol–water partition coefficient (Wildman–Crippen LogP) is 7.80. The van der Waals surface area contributed by atoms with Crippen LogP contribution in [0, 0.1) is 0 Å². The number of hydrogen-bond acceptors (Lipinski definition) is 1. The van der Waals surface area contributed by atoms with Crippen LogP contribution in [0.15, 0.2) is 59.6 Å². The van der Waals surface area contributed by atoms with Crippen LogP contribution in [0.4, 0.5) is 0 Å². The first-order valence-corrected chi connectivity index (χ1v) is 10.9. The number of benzene rings is 2. The number of unbranched alkanes of at least 4 members (excludes halogenated alkanes) is 2. The second-order valence-electron chi connectivity index (χ2n) is 6.98. The SMILES string of the molecule is CCCCc1ccc(C(=CCl)C(=O)C(=CCl)c2ccc(CCCC)cc2)cc1. The summed E-state index contributed by atoms with van der Waals surface area (Å²) in [6, 6.07) is 16.1. The summed E-state index contributed by atoms with van der Waals surface area (Å²) in [5, 5.41) is 0. The van der Waals surface area contributed by atoms with Crippen LogP contribution >= 0.6 is 23.2 Å². The largest absolute Gasteiger partial charge is 0.288 e. The van der Waals surface area contributed by atoms with E-state index in [-0.39, 0.29) is 5.78 Å². The van der Waals surface area contributed by atoms with Gasteiger partial charge in [0, 0.05) is 22.2 Å². The molecular formula is C25H28Cl2O. The Morgan fingerprint density at radius 3 is 1.36 bits per heavy atom. The van der Waals surface area contributed by atoms with Gasteiger partial charge >= 0.3 is 0 Å². The number of carbonyl (C=O) groups excluding carboxylic acids is 1. The van der Waals surface area contributed by atoms with Crippen molar-refractivity contribution in [2.24, 2.45) is 0 Å². The maximum Gasteiger partial charge on any atom is 0.195 e. The Morgan fingerprint density at radius 1 is 0.714 bits per heavy atom. The highest BCUT2D eigenvalue weighted by Gasteiger charge is 2.18. The lowest BCUT2D eigenvalue weighted by molar-refractivity contribution is -0.108. The van der Waals surface area contributed by atoms with Gasteiger partial charge in [-0.3, -0.25) is 4.79 Å². The Bertz CT molecular complexity index is 745. The Hall–Kier alpha value is -1.83. The zero-order valence-electron chi connectivity index (χ0n) is 16.7. The molecule has 0 saturated carbocycles. The highest BCUT2D eigenvalue weighted by molar-refractivity contribution is 6.49. The van der Waals surface area contributed by atoms with E-state index in [1.807, 2.05) is 24.3 Å². The highest BCUT2D eigenvalue weighted by Crippen LogP contribution is 2.27. The van der Waals surface area contributed by atoms with Gasteiger partial charge in [0.2, 0.25) is 0 Å². The van der Waals surface area contributed by atoms with E-state index in [9.17, 15) is 4.79 Å². The molecule has 0 spiro atoms. The maximum absolute atomic E-state index is 13.1. The number of hydrogen-bond donors (Lipinski definition) is 0. The van der Waals surface area contributed by atoms with Crippen molar-refractivity contribution in [3.8, 4) is 0 Å². The number of halogens is 2. The number of carbonyl (C=O) groups is 1. The fraction of sp³-hybridized carbons (Fsp3) is 0.320. The molecule has 2 rings (SSSR count). The minimum absolute atomic E-state index is 0.174. The van der Waals surface area contributed by atoms with E-state index in [2.05, 4.69) is 38.1 Å². The van der Waals surface area contributed by atoms with Gasteiger partial charge in [-0.15, -0.1) is 0 Å². The molecule has 0 saturated heterocycles. The Kier molecular flexibility index (Phi) is 9.54. The minimum Gasteiger partial charge on any atom is -0.288 e. The summed E-state index contributed by atoms with van der Waals surface area (Å²) in [4.78, 5) is 13.1. The lowest BCUT2D eigenvalue weighted by atomic mass is 9.93. The Morgan fingerprint density at radius 2 is 1.07 bits per heavy atom. The number of Topliss-reactive ketones (excluding diaryl/α,β-unsaturated/α-hetero) is 1. The molecule has 0 amide bonds. The normalized spacial score (nSPS) is 12.3. The standard InChI is InChI=1S/C25H28Cl2O/c1-3-5-7-19-9-13-21(14-10-19)23(17-26)25(28)24(18-27)22-15-11-20(12-16-22)8-6-4-2/h9-18H,3-8H2,1-2H3. The first-order chi connectivity index (χ1) is 13.6. The van der Waals surface area contributed by atoms with E-state index in [4.69, 9.17) is 23.2 Å². The summed E-state index contributed by atoms with van der Waals surface area (Å²) in [5.74, 6) is -0.174. The van der Waals surface area contributed by atoms with Crippen molar-refractivity contribution >= 4 is 40.1 Å². The van der Waals surface area contributed by atoms with Crippen molar-refractivity contribution in [3.63, 3.8) is 0 Å². The van der Waals surface area contributed by atoms with E-state index >= 15 is 0 Å². The van der Waals surface area contributed by atoms with Gasteiger partial charge in [-0.1, -0.05) is 98.4 Å². The van der Waals surface area contributed by atoms with E-state index < -0.39 is 0 Å². The summed E-state index contributed by atoms with van der Waals surface area (Å²) in [5.41, 5.74) is 7.73. The predicted molar refractivity (Wildman–Crippen MR) is 123 cm³/mol. The van der Waals surface area contributed by atoms with E-state index in [1.165, 1.54) is 22.2 Å². The van der Waals surface area contributed by atoms with Crippen LogP contribution in [0.25, 0.3) is 11.1 Å². The smallest absolute Gasteiger partial charge is 0.195 e. The molecule has 0 heterocycles. The van der Waals surface area contributed by atoms with Crippen LogP contribution < -0.4 is 0 Å². The maximum atomic E-state index is 13.1. The van der Waals surface area contributed by atoms with Crippen molar-refractivity contribution in [2.75, 3.05) is 0 Å². The summed E-state index contributed by atoms with van der Waals surface area (Å²) in [7, 11) is 0. The quantitative estimate of drug-likeness (QED) is 0.362. The van der Waals surface area contributed by atoms with Gasteiger partial charge in [0.1, 0.15) is 0 Å². The zero-order chi connectivity index (χ0) is 20.4. The van der Waals surface area contributed by atoms with Crippen LogP contribution in [0.2, 0.25) is 0 Å². The summed E-state index contributed by atoms with van der Waals surface area (Å²) in [6.45, 7) is 4.36. The zero-order valence-corrected chi connectivity index (χ0v) is 18.2. The van der Waals surface area contributed by atoms with Crippen LogP contribution in [0.3, 0.4) is 0 Å². The topological polar surface area (TPSA) is 17.1 Å². The van der Waals surface area contributed by atoms with Crippen LogP contribution in [-0.4, -0.2) is 5.78 Å². The molecule has 2 aromatic carbocycles. The van der Waals surface area contributed by atoms with Gasteiger partial charge in [0.15, 0.2) is 5.78 Å². The second-order valence-corrected chi connectivity index (χ2v) is 7.41. The third kappa shape index (κ3) is 6.09. The number of ketones is 1. The average Bonchev–Trinajstić information content (AvgIpc) is 2.73. The second kappa shape index (κ2) is 11.9. The van der Waals surface area contributed by atoms with Gasteiger partial charge < -0.3 is 0 Å². The van der Waals surface area contributed by atoms with Gasteiger partial charge in [-0.05, 0) is 47.9 Å². The van der Waals surface area contributed by atoms with Crippen LogP contribution in [0.1, 0.15) is 61.8 Å². The van der Waals surface area contributed by atoms with E-state index in [0.29, 0.717) is 11.1 Å². The lowest BCUT2D eigenvalue weighted by Gasteiger charge is -2.11. The molecule has 0 aliphatic heterocycles. The molecule has 0 aromatic heterocycles. The molecule has 0 radical (unpaired) electrons. The van der Waals surface area contributed by atoms with Crippen molar-refractivity contribution in [2.45, 2.75) is 52.4 Å². The fourth-order valence-electron chi connectivity index (χ4n) is 3.10. The molecule has 0 N–H and O–H groups in total. The summed E-state index contributed by atoms with van der Waals surface area (Å²) >= 11 is 12.1. The third-order valence-electron chi connectivity index (χ3n) is 4.88. The Balaban J connectivity index is 2.20. The molecule has 148 valence electrons. The van der Waals surface area contributed by atoms with E-state index in [0.717, 1.165) is 49.7 Å². The van der Waals surface area contributed by atoms with Crippen LogP contribution in [-0.2, 0) is 17.6 Å². The molecular weight excluding hydrogens is 387 g/mol. The average molecular weight is 415 g/mol. The van der Waals surface area contributed by atoms with Crippen molar-refractivity contribution in [1.29, 1.82) is 0 Å². The van der Waals surface area contributed by atoms with Gasteiger partial charge in [-0.25, -0.2) is 0 Å². The molecule has 1 nitrogen and oxygen atoms in total. The molecule has 3 heteroatoms. The molecule has 0 fully saturated rings. The molecule has 0 aliphatic rings.